The van der Waals surface area contributed by atoms with Gasteiger partial charge in [-0.2, -0.15) is 0 Å². The molecule has 3 aromatic carbocycles. The number of H-pyrrole nitrogens is 1. The van der Waals surface area contributed by atoms with E-state index in [1.54, 1.807) is 4.90 Å². The van der Waals surface area contributed by atoms with Crippen molar-refractivity contribution in [3.63, 3.8) is 0 Å². The second-order valence-electron chi connectivity index (χ2n) is 9.30. The molecule has 3 heterocycles. The fourth-order valence-electron chi connectivity index (χ4n) is 5.63. The molecule has 5 nitrogen and oxygen atoms in total. The van der Waals surface area contributed by atoms with Gasteiger partial charge in [-0.05, 0) is 35.6 Å². The first-order chi connectivity index (χ1) is 16.7. The van der Waals surface area contributed by atoms with Crippen LogP contribution in [0.15, 0.2) is 84.9 Å². The summed E-state index contributed by atoms with van der Waals surface area (Å²) in [5, 5.41) is 1.15. The van der Waals surface area contributed by atoms with E-state index in [2.05, 4.69) is 29.2 Å². The Balaban J connectivity index is 1.37. The highest BCUT2D eigenvalue weighted by molar-refractivity contribution is 5.97. The van der Waals surface area contributed by atoms with Crippen LogP contribution in [0.1, 0.15) is 34.8 Å². The standard InChI is InChI=1S/C29H27N3O2/c33-27-19-31(18-21-11-5-2-6-12-21)29(34)26-17-23-22-13-7-8-14-24(22)30-28(23)25(32(26)27)16-15-20-9-3-1-4-10-20/h1-14,25-26,30H,15-19H2/t25-,26-/m0/s1. The smallest absolute Gasteiger partial charge is 0.246 e. The van der Waals surface area contributed by atoms with E-state index in [-0.39, 0.29) is 24.4 Å². The summed E-state index contributed by atoms with van der Waals surface area (Å²) in [5.41, 5.74) is 5.62. The molecule has 0 bridgehead atoms. The average Bonchev–Trinajstić information content (AvgIpc) is 3.25. The van der Waals surface area contributed by atoms with Gasteiger partial charge in [0.1, 0.15) is 12.6 Å². The van der Waals surface area contributed by atoms with Crippen molar-refractivity contribution in [3.05, 3.63) is 107 Å². The molecule has 2 atom stereocenters. The lowest BCUT2D eigenvalue weighted by atomic mass is 9.86. The number of nitrogens with zero attached hydrogens (tertiary/aromatic N) is 2. The van der Waals surface area contributed by atoms with Crippen molar-refractivity contribution in [2.75, 3.05) is 6.54 Å². The maximum absolute atomic E-state index is 13.7. The van der Waals surface area contributed by atoms with Crippen LogP contribution >= 0.6 is 0 Å². The summed E-state index contributed by atoms with van der Waals surface area (Å²) < 4.78 is 0. The zero-order valence-electron chi connectivity index (χ0n) is 19.0. The Labute approximate surface area is 199 Å². The van der Waals surface area contributed by atoms with Gasteiger partial charge in [-0.1, -0.05) is 78.9 Å². The molecule has 5 heteroatoms. The summed E-state index contributed by atoms with van der Waals surface area (Å²) >= 11 is 0. The lowest BCUT2D eigenvalue weighted by molar-refractivity contribution is -0.160. The number of piperazine rings is 1. The number of nitrogens with one attached hydrogen (secondary N) is 1. The summed E-state index contributed by atoms with van der Waals surface area (Å²) in [7, 11) is 0. The molecule has 1 fully saturated rings. The number of para-hydroxylation sites is 1. The first-order valence-electron chi connectivity index (χ1n) is 12.0. The molecule has 0 aliphatic carbocycles. The van der Waals surface area contributed by atoms with Gasteiger partial charge in [0.05, 0.1) is 6.04 Å². The van der Waals surface area contributed by atoms with Crippen LogP contribution in [-0.4, -0.2) is 39.2 Å². The van der Waals surface area contributed by atoms with E-state index < -0.39 is 6.04 Å². The van der Waals surface area contributed by atoms with E-state index in [1.807, 2.05) is 65.6 Å². The number of hydrogen-bond acceptors (Lipinski definition) is 2. The lowest BCUT2D eigenvalue weighted by Crippen LogP contribution is -2.62. The number of aromatic nitrogens is 1. The van der Waals surface area contributed by atoms with E-state index in [9.17, 15) is 9.59 Å². The molecule has 2 aliphatic heterocycles. The summed E-state index contributed by atoms with van der Waals surface area (Å²) in [5.74, 6) is 0.0759. The molecule has 2 amide bonds. The van der Waals surface area contributed by atoms with E-state index in [4.69, 9.17) is 0 Å². The van der Waals surface area contributed by atoms with Crippen LogP contribution in [0.3, 0.4) is 0 Å². The lowest BCUT2D eigenvalue weighted by Gasteiger charge is -2.47. The molecular weight excluding hydrogens is 422 g/mol. The molecule has 0 saturated carbocycles. The highest BCUT2D eigenvalue weighted by atomic mass is 16.2. The maximum Gasteiger partial charge on any atom is 0.246 e. The average molecular weight is 450 g/mol. The Morgan fingerprint density at radius 1 is 0.824 bits per heavy atom. The van der Waals surface area contributed by atoms with Crippen molar-refractivity contribution in [2.45, 2.75) is 37.9 Å². The van der Waals surface area contributed by atoms with Crippen LogP contribution in [0.4, 0.5) is 0 Å². The number of carbonyl (C=O) groups is 2. The molecule has 170 valence electrons. The second kappa shape index (κ2) is 8.49. The third kappa shape index (κ3) is 3.58. The zero-order chi connectivity index (χ0) is 23.1. The molecule has 2 aliphatic rings. The third-order valence-corrected chi connectivity index (χ3v) is 7.23. The zero-order valence-corrected chi connectivity index (χ0v) is 19.0. The summed E-state index contributed by atoms with van der Waals surface area (Å²) in [4.78, 5) is 34.5. The molecule has 4 aromatic rings. The van der Waals surface area contributed by atoms with Crippen molar-refractivity contribution in [3.8, 4) is 0 Å². The fraction of sp³-hybridized carbons (Fsp3) is 0.241. The van der Waals surface area contributed by atoms with Crippen molar-refractivity contribution >= 4 is 22.7 Å². The van der Waals surface area contributed by atoms with Gasteiger partial charge in [-0.15, -0.1) is 0 Å². The monoisotopic (exact) mass is 449 g/mol. The van der Waals surface area contributed by atoms with Crippen molar-refractivity contribution in [1.82, 2.24) is 14.8 Å². The number of hydrogen-bond donors (Lipinski definition) is 1. The quantitative estimate of drug-likeness (QED) is 0.483. The molecule has 0 radical (unpaired) electrons. The van der Waals surface area contributed by atoms with Crippen LogP contribution in [-0.2, 0) is 29.0 Å². The Hall–Kier alpha value is -3.86. The molecular formula is C29H27N3O2. The molecule has 0 unspecified atom stereocenters. The molecule has 6 rings (SSSR count). The van der Waals surface area contributed by atoms with Gasteiger partial charge in [-0.25, -0.2) is 0 Å². The van der Waals surface area contributed by atoms with Gasteiger partial charge in [0, 0.05) is 29.6 Å². The van der Waals surface area contributed by atoms with Crippen molar-refractivity contribution in [2.24, 2.45) is 0 Å². The minimum absolute atomic E-state index is 0.0305. The predicted molar refractivity (Wildman–Crippen MR) is 132 cm³/mol. The first-order valence-corrected chi connectivity index (χ1v) is 12.0. The maximum atomic E-state index is 13.7. The van der Waals surface area contributed by atoms with Gasteiger partial charge < -0.3 is 14.8 Å². The normalized spacial score (nSPS) is 19.9. The van der Waals surface area contributed by atoms with Gasteiger partial charge >= 0.3 is 0 Å². The Morgan fingerprint density at radius 2 is 1.50 bits per heavy atom. The van der Waals surface area contributed by atoms with Crippen LogP contribution in [0.5, 0.6) is 0 Å². The summed E-state index contributed by atoms with van der Waals surface area (Å²) in [6.45, 7) is 0.590. The highest BCUT2D eigenvalue weighted by Crippen LogP contribution is 2.41. The van der Waals surface area contributed by atoms with Crippen molar-refractivity contribution < 1.29 is 9.59 Å². The Bertz CT molecular complexity index is 1350. The Morgan fingerprint density at radius 3 is 2.26 bits per heavy atom. The second-order valence-corrected chi connectivity index (χ2v) is 9.30. The third-order valence-electron chi connectivity index (χ3n) is 7.23. The number of fused-ring (bicyclic) bond motifs is 4. The molecule has 1 N–H and O–H groups in total. The number of amides is 2. The van der Waals surface area contributed by atoms with Gasteiger partial charge in [-0.3, -0.25) is 9.59 Å². The Kier molecular flexibility index (Phi) is 5.17. The highest BCUT2D eigenvalue weighted by Gasteiger charge is 2.47. The summed E-state index contributed by atoms with van der Waals surface area (Å²) in [6.07, 6.45) is 2.17. The minimum atomic E-state index is -0.461. The van der Waals surface area contributed by atoms with Gasteiger partial charge in [0.25, 0.3) is 0 Å². The number of aryl methyl sites for hydroxylation is 1. The minimum Gasteiger partial charge on any atom is -0.356 e. The first kappa shape index (κ1) is 20.7. The number of aromatic amines is 1. The van der Waals surface area contributed by atoms with E-state index in [1.165, 1.54) is 11.1 Å². The number of carbonyl (C=O) groups excluding carboxylic acids is 2. The molecule has 1 aromatic heterocycles. The van der Waals surface area contributed by atoms with Crippen LogP contribution in [0, 0.1) is 0 Å². The van der Waals surface area contributed by atoms with Crippen LogP contribution < -0.4 is 0 Å². The molecule has 34 heavy (non-hydrogen) atoms. The van der Waals surface area contributed by atoms with Crippen LogP contribution in [0.25, 0.3) is 10.9 Å². The SMILES string of the molecule is O=C1[C@@H]2Cc3c([nH]c4ccccc34)[C@H](CCc3ccccc3)N2C(=O)CN1Cc1ccccc1. The number of benzene rings is 3. The fourth-order valence-corrected chi connectivity index (χ4v) is 5.63. The van der Waals surface area contributed by atoms with Gasteiger partial charge in [0.15, 0.2) is 0 Å². The van der Waals surface area contributed by atoms with Gasteiger partial charge in [0.2, 0.25) is 11.8 Å². The van der Waals surface area contributed by atoms with E-state index in [0.29, 0.717) is 13.0 Å². The number of rotatable bonds is 5. The largest absolute Gasteiger partial charge is 0.356 e. The molecule has 1 saturated heterocycles. The summed E-state index contributed by atoms with van der Waals surface area (Å²) in [6, 6.07) is 27.9. The van der Waals surface area contributed by atoms with Crippen LogP contribution in [0.2, 0.25) is 0 Å². The van der Waals surface area contributed by atoms with E-state index in [0.717, 1.165) is 35.0 Å². The van der Waals surface area contributed by atoms with Crippen molar-refractivity contribution in [1.29, 1.82) is 0 Å². The van der Waals surface area contributed by atoms with E-state index >= 15 is 0 Å². The molecule has 0 spiro atoms. The predicted octanol–water partition coefficient (Wildman–Crippen LogP) is 4.64. The topological polar surface area (TPSA) is 56.4 Å².